The van der Waals surface area contributed by atoms with Crippen molar-refractivity contribution in [3.8, 4) is 11.3 Å². The smallest absolute Gasteiger partial charge is 0.355 e. The van der Waals surface area contributed by atoms with Gasteiger partial charge in [-0.2, -0.15) is 0 Å². The third kappa shape index (κ3) is 3.15. The summed E-state index contributed by atoms with van der Waals surface area (Å²) in [5.74, 6) is -0.408. The number of carbonyl (C=O) groups is 1. The van der Waals surface area contributed by atoms with Gasteiger partial charge in [-0.3, -0.25) is 0 Å². The average molecular weight is 378 g/mol. The number of pyridine rings is 1. The Morgan fingerprint density at radius 1 is 1.21 bits per heavy atom. The summed E-state index contributed by atoms with van der Waals surface area (Å²) >= 11 is 0. The number of H-pyrrole nitrogens is 1. The van der Waals surface area contributed by atoms with Crippen LogP contribution in [-0.2, 0) is 17.6 Å². The highest BCUT2D eigenvalue weighted by atomic mass is 16.5. The maximum Gasteiger partial charge on any atom is 0.355 e. The predicted octanol–water partition coefficient (Wildman–Crippen LogP) is 4.50. The van der Waals surface area contributed by atoms with Gasteiger partial charge in [-0.05, 0) is 55.0 Å². The number of benzene rings is 1. The predicted molar refractivity (Wildman–Crippen MR) is 113 cm³/mol. The Hall–Kier alpha value is -3.15. The van der Waals surface area contributed by atoms with Gasteiger partial charge < -0.3 is 20.9 Å². The fourth-order valence-electron chi connectivity index (χ4n) is 3.88. The highest BCUT2D eigenvalue weighted by Crippen LogP contribution is 2.38. The molecule has 0 spiro atoms. The van der Waals surface area contributed by atoms with Crippen LogP contribution in [0.15, 0.2) is 24.4 Å². The molecule has 0 unspecified atom stereocenters. The molecule has 2 heterocycles. The molecular weight excluding hydrogens is 352 g/mol. The van der Waals surface area contributed by atoms with Crippen LogP contribution in [0.25, 0.3) is 22.2 Å². The number of hydrogen-bond donors (Lipinski definition) is 3. The molecule has 6 nitrogen and oxygen atoms in total. The van der Waals surface area contributed by atoms with E-state index in [-0.39, 0.29) is 0 Å². The highest BCUT2D eigenvalue weighted by Gasteiger charge is 2.24. The van der Waals surface area contributed by atoms with Crippen LogP contribution in [0.3, 0.4) is 0 Å². The number of nitrogens with one attached hydrogen (secondary N) is 2. The number of anilines is 1. The second kappa shape index (κ2) is 8.25. The number of methoxy groups -OCH3 is 1. The number of nitrogen functional groups attached to an aromatic ring is 1. The number of rotatable bonds is 3. The minimum Gasteiger partial charge on any atom is -0.464 e. The van der Waals surface area contributed by atoms with Gasteiger partial charge in [0.2, 0.25) is 0 Å². The van der Waals surface area contributed by atoms with Crippen molar-refractivity contribution in [1.29, 1.82) is 5.41 Å². The minimum atomic E-state index is -0.408. The third-order valence-electron chi connectivity index (χ3n) is 5.08. The van der Waals surface area contributed by atoms with Crippen molar-refractivity contribution in [2.75, 3.05) is 12.8 Å². The molecule has 6 heteroatoms. The van der Waals surface area contributed by atoms with Crippen LogP contribution in [0, 0.1) is 5.41 Å². The Labute approximate surface area is 164 Å². The lowest BCUT2D eigenvalue weighted by atomic mass is 9.85. The molecule has 3 aromatic rings. The van der Waals surface area contributed by atoms with Crippen LogP contribution in [0.4, 0.5) is 5.69 Å². The van der Waals surface area contributed by atoms with Gasteiger partial charge in [0.25, 0.3) is 0 Å². The van der Waals surface area contributed by atoms with Crippen molar-refractivity contribution in [3.05, 3.63) is 46.8 Å². The lowest BCUT2D eigenvalue weighted by Gasteiger charge is -2.22. The van der Waals surface area contributed by atoms with E-state index in [1.54, 1.807) is 12.3 Å². The number of aromatic nitrogens is 2. The van der Waals surface area contributed by atoms with E-state index in [1.807, 2.05) is 26.0 Å². The van der Waals surface area contributed by atoms with E-state index in [4.69, 9.17) is 20.9 Å². The quantitative estimate of drug-likeness (QED) is 0.354. The van der Waals surface area contributed by atoms with Crippen LogP contribution in [0.2, 0.25) is 0 Å². The summed E-state index contributed by atoms with van der Waals surface area (Å²) in [4.78, 5) is 20.0. The summed E-state index contributed by atoms with van der Waals surface area (Å²) in [6, 6.07) is 5.54. The number of nitrogens with zero attached hydrogens (tertiary/aromatic N) is 1. The summed E-state index contributed by atoms with van der Waals surface area (Å²) in [5, 5.41) is 8.76. The molecule has 0 atom stereocenters. The Morgan fingerprint density at radius 3 is 2.61 bits per heavy atom. The summed E-state index contributed by atoms with van der Waals surface area (Å²) < 4.78 is 4.90. The maximum atomic E-state index is 12.1. The molecule has 0 radical (unpaired) electrons. The molecule has 1 aromatic carbocycles. The summed E-state index contributed by atoms with van der Waals surface area (Å²) in [7, 11) is 1.37. The van der Waals surface area contributed by atoms with E-state index in [0.29, 0.717) is 11.4 Å². The molecule has 2 aromatic heterocycles. The fourth-order valence-corrected chi connectivity index (χ4v) is 3.88. The fraction of sp³-hybridized carbons (Fsp3) is 0.318. The molecule has 0 aliphatic heterocycles. The van der Waals surface area contributed by atoms with Gasteiger partial charge in [-0.15, -0.1) is 0 Å². The van der Waals surface area contributed by atoms with Gasteiger partial charge in [0, 0.05) is 34.6 Å². The van der Waals surface area contributed by atoms with E-state index in [2.05, 4.69) is 4.98 Å². The van der Waals surface area contributed by atoms with Crippen molar-refractivity contribution in [2.45, 2.75) is 39.5 Å². The second-order valence-electron chi connectivity index (χ2n) is 6.49. The number of fused-ring (bicyclic) bond motifs is 3. The van der Waals surface area contributed by atoms with E-state index in [1.165, 1.54) is 18.9 Å². The molecule has 146 valence electrons. The summed E-state index contributed by atoms with van der Waals surface area (Å²) in [5.41, 5.74) is 12.5. The lowest BCUT2D eigenvalue weighted by Crippen LogP contribution is -2.11. The third-order valence-corrected chi connectivity index (χ3v) is 5.08. The summed E-state index contributed by atoms with van der Waals surface area (Å²) in [6.45, 7) is 4.00. The zero-order valence-electron chi connectivity index (χ0n) is 16.6. The second-order valence-corrected chi connectivity index (χ2v) is 6.49. The van der Waals surface area contributed by atoms with Crippen LogP contribution < -0.4 is 5.73 Å². The summed E-state index contributed by atoms with van der Waals surface area (Å²) in [6.07, 6.45) is 7.02. The van der Waals surface area contributed by atoms with Gasteiger partial charge in [-0.25, -0.2) is 9.78 Å². The SMILES string of the molecule is CC.COC(=O)c1[nH]ccc1-c1nc2ccc(N)c(C=N)c2c2c1CCCC2. The Balaban J connectivity index is 0.00000109. The number of esters is 1. The van der Waals surface area contributed by atoms with Gasteiger partial charge in [0.05, 0.1) is 18.3 Å². The molecule has 0 bridgehead atoms. The van der Waals surface area contributed by atoms with E-state index >= 15 is 0 Å². The first-order valence-corrected chi connectivity index (χ1v) is 9.66. The molecule has 4 rings (SSSR count). The first-order valence-electron chi connectivity index (χ1n) is 9.66. The van der Waals surface area contributed by atoms with Gasteiger partial charge in [0.1, 0.15) is 5.69 Å². The number of carbonyl (C=O) groups excluding carboxylic acids is 1. The van der Waals surface area contributed by atoms with Crippen LogP contribution in [0.5, 0.6) is 0 Å². The van der Waals surface area contributed by atoms with Crippen molar-refractivity contribution in [1.82, 2.24) is 9.97 Å². The van der Waals surface area contributed by atoms with Crippen molar-refractivity contribution in [3.63, 3.8) is 0 Å². The zero-order chi connectivity index (χ0) is 20.3. The largest absolute Gasteiger partial charge is 0.464 e. The average Bonchev–Trinajstić information content (AvgIpc) is 3.23. The molecule has 0 fully saturated rings. The van der Waals surface area contributed by atoms with Crippen LogP contribution in [-0.4, -0.2) is 29.3 Å². The van der Waals surface area contributed by atoms with Crippen molar-refractivity contribution < 1.29 is 9.53 Å². The molecule has 28 heavy (non-hydrogen) atoms. The van der Waals surface area contributed by atoms with Gasteiger partial charge >= 0.3 is 5.97 Å². The standard InChI is InChI=1S/C20H20N4O2.C2H6/c1-26-20(25)19-13(8-9-23-19)18-12-5-3-2-4-11(12)17-14(10-21)15(22)6-7-16(17)24-18;1-2/h6-10,21,23H,2-5,22H2,1H3;1-2H3. The number of aromatic amines is 1. The Morgan fingerprint density at radius 2 is 1.93 bits per heavy atom. The molecule has 4 N–H and O–H groups in total. The van der Waals surface area contributed by atoms with Crippen molar-refractivity contribution >= 4 is 28.8 Å². The highest BCUT2D eigenvalue weighted by molar-refractivity contribution is 6.06. The number of hydrogen-bond acceptors (Lipinski definition) is 5. The molecule has 0 saturated carbocycles. The molecule has 0 amide bonds. The van der Waals surface area contributed by atoms with Gasteiger partial charge in [0.15, 0.2) is 0 Å². The minimum absolute atomic E-state index is 0.408. The van der Waals surface area contributed by atoms with Crippen molar-refractivity contribution in [2.24, 2.45) is 0 Å². The lowest BCUT2D eigenvalue weighted by molar-refractivity contribution is 0.0595. The molecule has 1 aliphatic rings. The van der Waals surface area contributed by atoms with Crippen LogP contribution in [0.1, 0.15) is 53.9 Å². The Kier molecular flexibility index (Phi) is 5.78. The molecular formula is C22H26N4O2. The van der Waals surface area contributed by atoms with E-state index < -0.39 is 5.97 Å². The number of aryl methyl sites for hydroxylation is 1. The number of nitrogens with two attached hydrogens (primary N) is 1. The molecule has 0 saturated heterocycles. The number of ether oxygens (including phenoxy) is 1. The first kappa shape index (κ1) is 19.6. The normalized spacial score (nSPS) is 12.7. The Bertz CT molecular complexity index is 1040. The van der Waals surface area contributed by atoms with E-state index in [9.17, 15) is 4.79 Å². The topological polar surface area (TPSA) is 105 Å². The first-order chi connectivity index (χ1) is 13.7. The van der Waals surface area contributed by atoms with E-state index in [0.717, 1.165) is 59.0 Å². The maximum absolute atomic E-state index is 12.1. The van der Waals surface area contributed by atoms with Gasteiger partial charge in [-0.1, -0.05) is 13.8 Å². The molecule has 1 aliphatic carbocycles. The monoisotopic (exact) mass is 378 g/mol. The zero-order valence-corrected chi connectivity index (χ0v) is 16.6. The van der Waals surface area contributed by atoms with Crippen LogP contribution >= 0.6 is 0 Å².